The van der Waals surface area contributed by atoms with Crippen LogP contribution in [-0.4, -0.2) is 36.0 Å². The molecular weight excluding hydrogens is 292 g/mol. The summed E-state index contributed by atoms with van der Waals surface area (Å²) >= 11 is 0. The third-order valence-corrected chi connectivity index (χ3v) is 3.76. The quantitative estimate of drug-likeness (QED) is 0.892. The lowest BCUT2D eigenvalue weighted by molar-refractivity contribution is 0.0690. The maximum absolute atomic E-state index is 13.4. The van der Waals surface area contributed by atoms with Crippen molar-refractivity contribution >= 4 is 16.8 Å². The van der Waals surface area contributed by atoms with Gasteiger partial charge in [0, 0.05) is 5.75 Å². The van der Waals surface area contributed by atoms with Crippen LogP contribution in [0.3, 0.4) is 0 Å². The molecule has 0 bridgehead atoms. The van der Waals surface area contributed by atoms with Gasteiger partial charge in [-0.15, -0.1) is 5.10 Å². The topological polar surface area (TPSA) is 85.1 Å². The van der Waals surface area contributed by atoms with E-state index < -0.39 is 28.4 Å². The zero-order valence-corrected chi connectivity index (χ0v) is 10.8. The van der Waals surface area contributed by atoms with Gasteiger partial charge >= 0.3 is 5.97 Å². The van der Waals surface area contributed by atoms with Gasteiger partial charge in [0.1, 0.15) is 11.6 Å². The number of aromatic nitrogens is 3. The van der Waals surface area contributed by atoms with Crippen LogP contribution in [0.4, 0.5) is 8.78 Å². The number of aryl methyl sites for hydroxylation is 1. The Morgan fingerprint density at radius 3 is 2.80 bits per heavy atom. The van der Waals surface area contributed by atoms with Crippen LogP contribution in [0.5, 0.6) is 0 Å². The number of carboxylic acid groups (broad SMARTS) is 1. The van der Waals surface area contributed by atoms with E-state index in [1.807, 2.05) is 0 Å². The highest BCUT2D eigenvalue weighted by Gasteiger charge is 2.13. The fourth-order valence-electron chi connectivity index (χ4n) is 1.44. The first-order valence-corrected chi connectivity index (χ1v) is 6.76. The van der Waals surface area contributed by atoms with E-state index in [1.54, 1.807) is 0 Å². The fourth-order valence-corrected chi connectivity index (χ4v) is 2.55. The molecule has 2 aromatic rings. The van der Waals surface area contributed by atoms with Gasteiger partial charge in [-0.1, -0.05) is 5.21 Å². The fraction of sp³-hybridized carbons (Fsp3) is 0.182. The van der Waals surface area contributed by atoms with Crippen LogP contribution in [0.15, 0.2) is 29.3 Å². The van der Waals surface area contributed by atoms with Gasteiger partial charge in [0.25, 0.3) is 0 Å². The van der Waals surface area contributed by atoms with E-state index in [0.717, 1.165) is 18.2 Å². The molecule has 1 atom stereocenters. The Kier molecular flexibility index (Phi) is 4.18. The van der Waals surface area contributed by atoms with Crippen LogP contribution in [0, 0.1) is 11.6 Å². The van der Waals surface area contributed by atoms with Gasteiger partial charge in [-0.3, -0.25) is 8.89 Å². The molecule has 9 heteroatoms. The summed E-state index contributed by atoms with van der Waals surface area (Å²) in [6.07, 6.45) is 1.17. The predicted octanol–water partition coefficient (Wildman–Crippen LogP) is 1.06. The standard InChI is InChI=1S/C11H9F2N3O3S/c12-7-1-2-8(13)10(5-7)20(19)4-3-16-6-9(11(17)18)14-15-16/h1-2,5-6H,3-4H2,(H,17,18). The molecule has 106 valence electrons. The second kappa shape index (κ2) is 5.87. The summed E-state index contributed by atoms with van der Waals surface area (Å²) in [7, 11) is -1.76. The molecule has 0 saturated heterocycles. The van der Waals surface area contributed by atoms with E-state index in [4.69, 9.17) is 5.11 Å². The van der Waals surface area contributed by atoms with Crippen molar-refractivity contribution in [2.45, 2.75) is 11.4 Å². The molecule has 0 saturated carbocycles. The highest BCUT2D eigenvalue weighted by molar-refractivity contribution is 7.85. The number of rotatable bonds is 5. The van der Waals surface area contributed by atoms with Gasteiger partial charge in [-0.2, -0.15) is 0 Å². The molecule has 0 fully saturated rings. The zero-order chi connectivity index (χ0) is 14.7. The van der Waals surface area contributed by atoms with Crippen LogP contribution in [0.25, 0.3) is 0 Å². The molecule has 1 N–H and O–H groups in total. The number of halogens is 2. The van der Waals surface area contributed by atoms with Crippen LogP contribution >= 0.6 is 0 Å². The van der Waals surface area contributed by atoms with Gasteiger partial charge in [0.2, 0.25) is 0 Å². The minimum atomic E-state index is -1.76. The summed E-state index contributed by atoms with van der Waals surface area (Å²) in [6, 6.07) is 2.71. The first-order valence-electron chi connectivity index (χ1n) is 5.44. The summed E-state index contributed by atoms with van der Waals surface area (Å²) in [5, 5.41) is 15.6. The summed E-state index contributed by atoms with van der Waals surface area (Å²) in [4.78, 5) is 10.4. The Balaban J connectivity index is 2.04. The summed E-state index contributed by atoms with van der Waals surface area (Å²) in [6.45, 7) is 0.0723. The van der Waals surface area contributed by atoms with Crippen molar-refractivity contribution in [1.29, 1.82) is 0 Å². The average molecular weight is 301 g/mol. The number of carboxylic acids is 1. The van der Waals surface area contributed by atoms with Crippen molar-refractivity contribution in [2.24, 2.45) is 0 Å². The summed E-state index contributed by atoms with van der Waals surface area (Å²) in [5.74, 6) is -2.70. The van der Waals surface area contributed by atoms with Crippen molar-refractivity contribution in [3.63, 3.8) is 0 Å². The van der Waals surface area contributed by atoms with Crippen LogP contribution in [0.2, 0.25) is 0 Å². The van der Waals surface area contributed by atoms with Crippen molar-refractivity contribution in [1.82, 2.24) is 15.0 Å². The van der Waals surface area contributed by atoms with E-state index in [-0.39, 0.29) is 22.9 Å². The number of aromatic carboxylic acids is 1. The van der Waals surface area contributed by atoms with Crippen LogP contribution < -0.4 is 0 Å². The second-order valence-corrected chi connectivity index (χ2v) is 5.34. The summed E-state index contributed by atoms with van der Waals surface area (Å²) in [5.41, 5.74) is -0.243. The number of hydrogen-bond acceptors (Lipinski definition) is 4. The number of benzene rings is 1. The molecule has 0 aliphatic heterocycles. The molecule has 0 aliphatic rings. The minimum absolute atomic E-state index is 0.0389. The highest BCUT2D eigenvalue weighted by Crippen LogP contribution is 2.14. The Bertz CT molecular complexity index is 675. The van der Waals surface area contributed by atoms with Crippen molar-refractivity contribution in [2.75, 3.05) is 5.75 Å². The van der Waals surface area contributed by atoms with Gasteiger partial charge in [0.15, 0.2) is 5.69 Å². The first-order chi connectivity index (χ1) is 9.47. The van der Waals surface area contributed by atoms with Gasteiger partial charge in [-0.25, -0.2) is 13.6 Å². The Morgan fingerprint density at radius 1 is 1.40 bits per heavy atom. The lowest BCUT2D eigenvalue weighted by Crippen LogP contribution is -2.10. The average Bonchev–Trinajstić information content (AvgIpc) is 2.88. The first kappa shape index (κ1) is 14.3. The van der Waals surface area contributed by atoms with E-state index in [2.05, 4.69) is 10.3 Å². The van der Waals surface area contributed by atoms with Gasteiger partial charge in [0.05, 0.1) is 28.4 Å². The van der Waals surface area contributed by atoms with E-state index in [9.17, 15) is 17.8 Å². The molecule has 0 spiro atoms. The normalized spacial score (nSPS) is 12.3. The molecule has 1 aromatic carbocycles. The molecule has 1 heterocycles. The maximum Gasteiger partial charge on any atom is 0.358 e. The molecule has 2 rings (SSSR count). The number of carbonyl (C=O) groups is 1. The number of nitrogens with zero attached hydrogens (tertiary/aromatic N) is 3. The third-order valence-electron chi connectivity index (χ3n) is 2.40. The molecule has 0 amide bonds. The van der Waals surface area contributed by atoms with Crippen molar-refractivity contribution in [3.05, 3.63) is 41.7 Å². The Labute approximate surface area is 114 Å². The second-order valence-electron chi connectivity index (χ2n) is 3.80. The predicted molar refractivity (Wildman–Crippen MR) is 64.6 cm³/mol. The largest absolute Gasteiger partial charge is 0.476 e. The van der Waals surface area contributed by atoms with Gasteiger partial charge < -0.3 is 5.11 Å². The lowest BCUT2D eigenvalue weighted by atomic mass is 10.3. The maximum atomic E-state index is 13.4. The monoisotopic (exact) mass is 301 g/mol. The molecule has 20 heavy (non-hydrogen) atoms. The van der Waals surface area contributed by atoms with E-state index in [1.165, 1.54) is 10.9 Å². The molecule has 1 aromatic heterocycles. The van der Waals surface area contributed by atoms with Crippen molar-refractivity contribution < 1.29 is 22.9 Å². The third kappa shape index (κ3) is 3.23. The number of hydrogen-bond donors (Lipinski definition) is 1. The molecular formula is C11H9F2N3O3S. The molecule has 0 aliphatic carbocycles. The van der Waals surface area contributed by atoms with Crippen LogP contribution in [-0.2, 0) is 17.3 Å². The van der Waals surface area contributed by atoms with Crippen molar-refractivity contribution in [3.8, 4) is 0 Å². The van der Waals surface area contributed by atoms with E-state index in [0.29, 0.717) is 0 Å². The summed E-state index contributed by atoms with van der Waals surface area (Å²) < 4.78 is 39.4. The van der Waals surface area contributed by atoms with Gasteiger partial charge in [-0.05, 0) is 18.2 Å². The minimum Gasteiger partial charge on any atom is -0.476 e. The van der Waals surface area contributed by atoms with Crippen LogP contribution in [0.1, 0.15) is 10.5 Å². The molecule has 1 unspecified atom stereocenters. The molecule has 6 nitrogen and oxygen atoms in total. The van der Waals surface area contributed by atoms with E-state index >= 15 is 0 Å². The zero-order valence-electron chi connectivity index (χ0n) is 9.99. The lowest BCUT2D eigenvalue weighted by Gasteiger charge is -2.03. The smallest absolute Gasteiger partial charge is 0.358 e. The Morgan fingerprint density at radius 2 is 2.15 bits per heavy atom. The highest BCUT2D eigenvalue weighted by atomic mass is 32.2. The molecule has 0 radical (unpaired) electrons. The Hall–Kier alpha value is -2.16. The SMILES string of the molecule is O=C(O)c1cn(CCS(=O)c2cc(F)ccc2F)nn1.